The van der Waals surface area contributed by atoms with E-state index in [0.29, 0.717) is 24.3 Å². The van der Waals surface area contributed by atoms with E-state index in [1.165, 1.54) is 11.8 Å². The highest BCUT2D eigenvalue weighted by Crippen LogP contribution is 2.33. The number of nitrogens with two attached hydrogens (primary N) is 1. The van der Waals surface area contributed by atoms with Crippen molar-refractivity contribution in [1.29, 1.82) is 0 Å². The molecule has 1 unspecified atom stereocenters. The average Bonchev–Trinajstić information content (AvgIpc) is 2.35. The Bertz CT molecular complexity index is 465. The summed E-state index contributed by atoms with van der Waals surface area (Å²) < 4.78 is 0. The van der Waals surface area contributed by atoms with Gasteiger partial charge in [-0.15, -0.1) is 11.8 Å². The first-order valence-corrected chi connectivity index (χ1v) is 6.72. The number of hydrogen-bond donors (Lipinski definition) is 4. The number of rotatable bonds is 4. The Morgan fingerprint density at radius 2 is 2.22 bits per heavy atom. The SMILES string of the molecule is Nc1cc2c(cc1SCC(O)CO)CCC(=O)N2. The summed E-state index contributed by atoms with van der Waals surface area (Å²) in [5.74, 6) is 0.407. The quantitative estimate of drug-likeness (QED) is 0.474. The van der Waals surface area contributed by atoms with E-state index in [-0.39, 0.29) is 12.5 Å². The monoisotopic (exact) mass is 268 g/mol. The molecule has 1 aliphatic heterocycles. The van der Waals surface area contributed by atoms with Crippen LogP contribution < -0.4 is 11.1 Å². The fourth-order valence-corrected chi connectivity index (χ4v) is 2.71. The second-order valence-electron chi connectivity index (χ2n) is 4.24. The van der Waals surface area contributed by atoms with E-state index in [4.69, 9.17) is 10.8 Å². The fraction of sp³-hybridized carbons (Fsp3) is 0.417. The number of carbonyl (C=O) groups is 1. The molecule has 1 amide bonds. The van der Waals surface area contributed by atoms with E-state index in [9.17, 15) is 9.90 Å². The molecule has 0 saturated heterocycles. The maximum atomic E-state index is 11.3. The van der Waals surface area contributed by atoms with E-state index >= 15 is 0 Å². The van der Waals surface area contributed by atoms with E-state index < -0.39 is 6.10 Å². The number of benzene rings is 1. The first-order valence-electron chi connectivity index (χ1n) is 5.74. The molecular weight excluding hydrogens is 252 g/mol. The summed E-state index contributed by atoms with van der Waals surface area (Å²) in [6.07, 6.45) is 0.447. The van der Waals surface area contributed by atoms with Crippen LogP contribution in [0.25, 0.3) is 0 Å². The smallest absolute Gasteiger partial charge is 0.224 e. The van der Waals surface area contributed by atoms with Crippen molar-refractivity contribution >= 4 is 29.0 Å². The van der Waals surface area contributed by atoms with Gasteiger partial charge in [-0.25, -0.2) is 0 Å². The molecule has 5 N–H and O–H groups in total. The first kappa shape index (κ1) is 13.2. The highest BCUT2D eigenvalue weighted by Gasteiger charge is 2.17. The number of thioether (sulfide) groups is 1. The molecule has 1 aromatic carbocycles. The molecule has 1 aromatic rings. The fourth-order valence-electron chi connectivity index (χ4n) is 1.79. The molecule has 1 heterocycles. The van der Waals surface area contributed by atoms with E-state index in [2.05, 4.69) is 5.32 Å². The molecule has 18 heavy (non-hydrogen) atoms. The third kappa shape index (κ3) is 2.95. The molecule has 0 aliphatic carbocycles. The lowest BCUT2D eigenvalue weighted by molar-refractivity contribution is -0.116. The van der Waals surface area contributed by atoms with E-state index in [0.717, 1.165) is 16.1 Å². The van der Waals surface area contributed by atoms with Crippen molar-refractivity contribution in [3.63, 3.8) is 0 Å². The van der Waals surface area contributed by atoms with Gasteiger partial charge in [0.1, 0.15) is 0 Å². The van der Waals surface area contributed by atoms with Gasteiger partial charge in [0.2, 0.25) is 5.91 Å². The molecule has 6 heteroatoms. The van der Waals surface area contributed by atoms with Crippen LogP contribution in [0, 0.1) is 0 Å². The van der Waals surface area contributed by atoms with Crippen molar-refractivity contribution in [2.75, 3.05) is 23.4 Å². The number of hydrogen-bond acceptors (Lipinski definition) is 5. The molecule has 0 bridgehead atoms. The lowest BCUT2D eigenvalue weighted by atomic mass is 10.0. The van der Waals surface area contributed by atoms with Gasteiger partial charge in [-0.2, -0.15) is 0 Å². The average molecular weight is 268 g/mol. The van der Waals surface area contributed by atoms with Crippen molar-refractivity contribution in [2.24, 2.45) is 0 Å². The Hall–Kier alpha value is -1.24. The van der Waals surface area contributed by atoms with Crippen molar-refractivity contribution in [3.05, 3.63) is 17.7 Å². The second-order valence-corrected chi connectivity index (χ2v) is 5.30. The Morgan fingerprint density at radius 1 is 1.44 bits per heavy atom. The van der Waals surface area contributed by atoms with E-state index in [1.54, 1.807) is 6.07 Å². The van der Waals surface area contributed by atoms with Crippen LogP contribution in [0.4, 0.5) is 11.4 Å². The van der Waals surface area contributed by atoms with Gasteiger partial charge in [-0.1, -0.05) is 0 Å². The number of aliphatic hydroxyl groups excluding tert-OH is 2. The summed E-state index contributed by atoms with van der Waals surface area (Å²) in [6.45, 7) is -0.256. The number of nitrogens with one attached hydrogen (secondary N) is 1. The highest BCUT2D eigenvalue weighted by molar-refractivity contribution is 7.99. The van der Waals surface area contributed by atoms with Crippen LogP contribution in [0.1, 0.15) is 12.0 Å². The summed E-state index contributed by atoms with van der Waals surface area (Å²) in [6, 6.07) is 3.69. The molecule has 0 spiro atoms. The van der Waals surface area contributed by atoms with Crippen LogP contribution in [-0.2, 0) is 11.2 Å². The van der Waals surface area contributed by atoms with Crippen LogP contribution >= 0.6 is 11.8 Å². The van der Waals surface area contributed by atoms with Crippen LogP contribution in [-0.4, -0.2) is 34.6 Å². The Labute approximate surface area is 109 Å². The lowest BCUT2D eigenvalue weighted by Crippen LogP contribution is -2.19. The summed E-state index contributed by atoms with van der Waals surface area (Å²) in [5.41, 5.74) is 8.31. The Morgan fingerprint density at radius 3 is 2.94 bits per heavy atom. The topological polar surface area (TPSA) is 95.6 Å². The minimum absolute atomic E-state index is 0.0120. The lowest BCUT2D eigenvalue weighted by Gasteiger charge is -2.19. The minimum atomic E-state index is -0.745. The van der Waals surface area contributed by atoms with Crippen molar-refractivity contribution in [3.8, 4) is 0 Å². The normalized spacial score (nSPS) is 16.0. The van der Waals surface area contributed by atoms with Crippen molar-refractivity contribution in [1.82, 2.24) is 0 Å². The zero-order valence-electron chi connectivity index (χ0n) is 9.85. The minimum Gasteiger partial charge on any atom is -0.398 e. The van der Waals surface area contributed by atoms with Crippen molar-refractivity contribution in [2.45, 2.75) is 23.8 Å². The van der Waals surface area contributed by atoms with Gasteiger partial charge in [0.05, 0.1) is 12.7 Å². The predicted octanol–water partition coefficient (Wildman–Crippen LogP) is 0.599. The number of nitrogen functional groups attached to an aromatic ring is 1. The standard InChI is InChI=1S/C12H16N2O3S/c13-9-4-10-7(1-2-12(17)14-10)3-11(9)18-6-8(16)5-15/h3-4,8,15-16H,1-2,5-6,13H2,(H,14,17). The van der Waals surface area contributed by atoms with Gasteiger partial charge in [0, 0.05) is 28.4 Å². The Kier molecular flexibility index (Phi) is 4.11. The maximum Gasteiger partial charge on any atom is 0.224 e. The summed E-state index contributed by atoms with van der Waals surface area (Å²) in [4.78, 5) is 12.1. The summed E-state index contributed by atoms with van der Waals surface area (Å²) in [5, 5.41) is 20.9. The molecule has 1 atom stereocenters. The number of carbonyl (C=O) groups excluding carboxylic acids is 1. The van der Waals surface area contributed by atoms with Crippen LogP contribution in [0.3, 0.4) is 0 Å². The molecule has 98 valence electrons. The molecule has 1 aliphatic rings. The number of aryl methyl sites for hydroxylation is 1. The molecular formula is C12H16N2O3S. The molecule has 0 fully saturated rings. The van der Waals surface area contributed by atoms with Gasteiger partial charge < -0.3 is 21.3 Å². The molecule has 0 saturated carbocycles. The number of aliphatic hydroxyl groups is 2. The third-order valence-corrected chi connectivity index (χ3v) is 3.99. The Balaban J connectivity index is 2.15. The number of anilines is 2. The molecule has 2 rings (SSSR count). The van der Waals surface area contributed by atoms with Crippen LogP contribution in [0.5, 0.6) is 0 Å². The van der Waals surface area contributed by atoms with Gasteiger partial charge in [-0.3, -0.25) is 4.79 Å². The van der Waals surface area contributed by atoms with Crippen LogP contribution in [0.15, 0.2) is 17.0 Å². The molecule has 5 nitrogen and oxygen atoms in total. The predicted molar refractivity (Wildman–Crippen MR) is 71.6 cm³/mol. The zero-order chi connectivity index (χ0) is 13.1. The summed E-state index contributed by atoms with van der Waals surface area (Å²) >= 11 is 1.41. The molecule has 0 radical (unpaired) electrons. The van der Waals surface area contributed by atoms with Crippen LogP contribution in [0.2, 0.25) is 0 Å². The highest BCUT2D eigenvalue weighted by atomic mass is 32.2. The van der Waals surface area contributed by atoms with E-state index in [1.807, 2.05) is 6.07 Å². The van der Waals surface area contributed by atoms with Crippen molar-refractivity contribution < 1.29 is 15.0 Å². The van der Waals surface area contributed by atoms with Gasteiger partial charge in [0.25, 0.3) is 0 Å². The van der Waals surface area contributed by atoms with Gasteiger partial charge in [0.15, 0.2) is 0 Å². The zero-order valence-corrected chi connectivity index (χ0v) is 10.7. The maximum absolute atomic E-state index is 11.3. The van der Waals surface area contributed by atoms with Gasteiger partial charge in [-0.05, 0) is 24.1 Å². The largest absolute Gasteiger partial charge is 0.398 e. The number of amides is 1. The second kappa shape index (κ2) is 5.60. The summed E-state index contributed by atoms with van der Waals surface area (Å²) in [7, 11) is 0. The third-order valence-electron chi connectivity index (χ3n) is 2.77. The number of fused-ring (bicyclic) bond motifs is 1. The first-order chi connectivity index (χ1) is 8.60. The van der Waals surface area contributed by atoms with Gasteiger partial charge >= 0.3 is 0 Å². The molecule has 0 aromatic heterocycles.